The van der Waals surface area contributed by atoms with Crippen molar-refractivity contribution in [3.63, 3.8) is 0 Å². The average molecular weight is 362 g/mol. The molecule has 0 radical (unpaired) electrons. The van der Waals surface area contributed by atoms with E-state index < -0.39 is 6.23 Å². The summed E-state index contributed by atoms with van der Waals surface area (Å²) in [5, 5.41) is 21.6. The zero-order chi connectivity index (χ0) is 19.0. The van der Waals surface area contributed by atoms with Crippen LogP contribution in [0.15, 0.2) is 42.5 Å². The number of amides is 2. The SMILES string of the molecule is N#Cc1ccccc1N1CCN(C(=O)c2ccc3c(c2)C(O)NC3=O)CC1. The van der Waals surface area contributed by atoms with Crippen molar-refractivity contribution in [3.8, 4) is 6.07 Å². The summed E-state index contributed by atoms with van der Waals surface area (Å²) in [5.41, 5.74) is 2.80. The molecular weight excluding hydrogens is 344 g/mol. The van der Waals surface area contributed by atoms with Gasteiger partial charge in [0.25, 0.3) is 11.8 Å². The van der Waals surface area contributed by atoms with Gasteiger partial charge >= 0.3 is 0 Å². The van der Waals surface area contributed by atoms with E-state index in [1.807, 2.05) is 18.2 Å². The van der Waals surface area contributed by atoms with Gasteiger partial charge in [-0.15, -0.1) is 0 Å². The lowest BCUT2D eigenvalue weighted by Gasteiger charge is -2.36. The number of aliphatic hydroxyl groups is 1. The molecule has 2 aromatic carbocycles. The van der Waals surface area contributed by atoms with Crippen molar-refractivity contribution in [2.24, 2.45) is 0 Å². The third kappa shape index (κ3) is 3.00. The first kappa shape index (κ1) is 17.1. The Morgan fingerprint density at radius 2 is 1.89 bits per heavy atom. The highest BCUT2D eigenvalue weighted by molar-refractivity contribution is 6.01. The van der Waals surface area contributed by atoms with Gasteiger partial charge in [-0.2, -0.15) is 5.26 Å². The van der Waals surface area contributed by atoms with E-state index in [-0.39, 0.29) is 11.8 Å². The van der Waals surface area contributed by atoms with E-state index in [2.05, 4.69) is 16.3 Å². The number of aliphatic hydroxyl groups excluding tert-OH is 1. The molecule has 2 heterocycles. The van der Waals surface area contributed by atoms with Crippen LogP contribution < -0.4 is 10.2 Å². The van der Waals surface area contributed by atoms with Crippen molar-refractivity contribution < 1.29 is 14.7 Å². The van der Waals surface area contributed by atoms with Crippen LogP contribution in [0.5, 0.6) is 0 Å². The number of carbonyl (C=O) groups excluding carboxylic acids is 2. The Hall–Kier alpha value is -3.37. The summed E-state index contributed by atoms with van der Waals surface area (Å²) in [5.74, 6) is -0.459. The minimum absolute atomic E-state index is 0.127. The Morgan fingerprint density at radius 1 is 1.15 bits per heavy atom. The van der Waals surface area contributed by atoms with Gasteiger partial charge in [0, 0.05) is 42.9 Å². The van der Waals surface area contributed by atoms with Gasteiger partial charge in [0.05, 0.1) is 11.3 Å². The second-order valence-electron chi connectivity index (χ2n) is 6.59. The molecule has 136 valence electrons. The number of benzene rings is 2. The van der Waals surface area contributed by atoms with E-state index >= 15 is 0 Å². The lowest BCUT2D eigenvalue weighted by atomic mass is 10.0. The van der Waals surface area contributed by atoms with E-state index in [4.69, 9.17) is 0 Å². The Morgan fingerprint density at radius 3 is 2.63 bits per heavy atom. The normalized spacial score (nSPS) is 18.7. The first-order chi connectivity index (χ1) is 13.1. The zero-order valence-electron chi connectivity index (χ0n) is 14.6. The van der Waals surface area contributed by atoms with E-state index in [0.717, 1.165) is 5.69 Å². The molecule has 1 fully saturated rings. The number of hydrogen-bond donors (Lipinski definition) is 2. The lowest BCUT2D eigenvalue weighted by molar-refractivity contribution is 0.0746. The molecule has 1 saturated heterocycles. The third-order valence-corrected chi connectivity index (χ3v) is 5.04. The van der Waals surface area contributed by atoms with Crippen molar-refractivity contribution in [1.29, 1.82) is 5.26 Å². The fourth-order valence-corrected chi connectivity index (χ4v) is 3.59. The van der Waals surface area contributed by atoms with Crippen LogP contribution in [0.25, 0.3) is 0 Å². The molecule has 2 aromatic rings. The van der Waals surface area contributed by atoms with Crippen LogP contribution in [-0.2, 0) is 0 Å². The number of nitrogens with one attached hydrogen (secondary N) is 1. The zero-order valence-corrected chi connectivity index (χ0v) is 14.6. The maximum absolute atomic E-state index is 12.8. The largest absolute Gasteiger partial charge is 0.369 e. The Bertz CT molecular complexity index is 958. The molecule has 27 heavy (non-hydrogen) atoms. The van der Waals surface area contributed by atoms with Gasteiger partial charge in [0.15, 0.2) is 6.23 Å². The van der Waals surface area contributed by atoms with Crippen LogP contribution in [0.3, 0.4) is 0 Å². The van der Waals surface area contributed by atoms with Gasteiger partial charge in [-0.1, -0.05) is 12.1 Å². The highest BCUT2D eigenvalue weighted by Gasteiger charge is 2.29. The van der Waals surface area contributed by atoms with Crippen LogP contribution in [-0.4, -0.2) is 48.0 Å². The Labute approximate surface area is 156 Å². The molecule has 7 heteroatoms. The van der Waals surface area contributed by atoms with Crippen molar-refractivity contribution in [2.45, 2.75) is 6.23 Å². The number of para-hydroxylation sites is 1. The van der Waals surface area contributed by atoms with Crippen LogP contribution in [0.4, 0.5) is 5.69 Å². The van der Waals surface area contributed by atoms with E-state index in [0.29, 0.717) is 48.4 Å². The smallest absolute Gasteiger partial charge is 0.253 e. The highest BCUT2D eigenvalue weighted by atomic mass is 16.3. The summed E-state index contributed by atoms with van der Waals surface area (Å²) in [6.45, 7) is 2.35. The second kappa shape index (κ2) is 6.74. The molecule has 0 spiro atoms. The molecule has 0 bridgehead atoms. The van der Waals surface area contributed by atoms with Crippen LogP contribution >= 0.6 is 0 Å². The predicted octanol–water partition coefficient (Wildman–Crippen LogP) is 1.25. The van der Waals surface area contributed by atoms with Crippen LogP contribution in [0, 0.1) is 11.3 Å². The fourth-order valence-electron chi connectivity index (χ4n) is 3.59. The van der Waals surface area contributed by atoms with Gasteiger partial charge < -0.3 is 20.2 Å². The molecule has 7 nitrogen and oxygen atoms in total. The van der Waals surface area contributed by atoms with Gasteiger partial charge in [0.1, 0.15) is 6.07 Å². The number of nitrogens with zero attached hydrogens (tertiary/aromatic N) is 3. The number of rotatable bonds is 2. The number of nitriles is 1. The minimum Gasteiger partial charge on any atom is -0.369 e. The van der Waals surface area contributed by atoms with Crippen LogP contribution in [0.1, 0.15) is 38.1 Å². The van der Waals surface area contributed by atoms with Gasteiger partial charge in [-0.3, -0.25) is 9.59 Å². The van der Waals surface area contributed by atoms with E-state index in [1.54, 1.807) is 29.2 Å². The van der Waals surface area contributed by atoms with Crippen LogP contribution in [0.2, 0.25) is 0 Å². The maximum Gasteiger partial charge on any atom is 0.253 e. The Balaban J connectivity index is 1.47. The minimum atomic E-state index is -1.07. The van der Waals surface area contributed by atoms with Crippen molar-refractivity contribution in [3.05, 3.63) is 64.7 Å². The number of piperazine rings is 1. The summed E-state index contributed by atoms with van der Waals surface area (Å²) in [4.78, 5) is 28.4. The summed E-state index contributed by atoms with van der Waals surface area (Å²) in [6.07, 6.45) is -1.07. The summed E-state index contributed by atoms with van der Waals surface area (Å²) < 4.78 is 0. The van der Waals surface area contributed by atoms with Gasteiger partial charge in [-0.05, 0) is 30.3 Å². The highest BCUT2D eigenvalue weighted by Crippen LogP contribution is 2.26. The number of carbonyl (C=O) groups is 2. The Kier molecular flexibility index (Phi) is 4.26. The topological polar surface area (TPSA) is 96.7 Å². The van der Waals surface area contributed by atoms with Gasteiger partial charge in [0.2, 0.25) is 0 Å². The monoisotopic (exact) mass is 362 g/mol. The van der Waals surface area contributed by atoms with E-state index in [9.17, 15) is 20.0 Å². The molecule has 1 unspecified atom stereocenters. The third-order valence-electron chi connectivity index (χ3n) is 5.04. The second-order valence-corrected chi connectivity index (χ2v) is 6.59. The van der Waals surface area contributed by atoms with E-state index in [1.165, 1.54) is 0 Å². The molecule has 2 aliphatic heterocycles. The van der Waals surface area contributed by atoms with Gasteiger partial charge in [-0.25, -0.2) is 0 Å². The molecule has 2 amide bonds. The molecular formula is C20H18N4O3. The van der Waals surface area contributed by atoms with Crippen molar-refractivity contribution in [2.75, 3.05) is 31.1 Å². The maximum atomic E-state index is 12.8. The summed E-state index contributed by atoms with van der Waals surface area (Å²) in [7, 11) is 0. The number of anilines is 1. The summed E-state index contributed by atoms with van der Waals surface area (Å²) in [6, 6.07) is 14.4. The lowest BCUT2D eigenvalue weighted by Crippen LogP contribution is -2.49. The molecule has 0 aromatic heterocycles. The summed E-state index contributed by atoms with van der Waals surface area (Å²) >= 11 is 0. The predicted molar refractivity (Wildman–Crippen MR) is 98.1 cm³/mol. The first-order valence-electron chi connectivity index (χ1n) is 8.74. The molecule has 2 N–H and O–H groups in total. The molecule has 2 aliphatic rings. The molecule has 1 atom stereocenters. The average Bonchev–Trinajstić information content (AvgIpc) is 3.00. The standard InChI is InChI=1S/C20H18N4O3/c21-12-14-3-1-2-4-17(14)23-7-9-24(10-8-23)20(27)13-5-6-15-16(11-13)19(26)22-18(15)25/h1-6,11,19,26H,7-10H2,(H,22,25). The number of fused-ring (bicyclic) bond motifs is 1. The molecule has 0 saturated carbocycles. The number of hydrogen-bond acceptors (Lipinski definition) is 5. The van der Waals surface area contributed by atoms with Crippen molar-refractivity contribution >= 4 is 17.5 Å². The quantitative estimate of drug-likeness (QED) is 0.838. The fraction of sp³-hybridized carbons (Fsp3) is 0.250. The first-order valence-corrected chi connectivity index (χ1v) is 8.74. The van der Waals surface area contributed by atoms with Crippen molar-refractivity contribution in [1.82, 2.24) is 10.2 Å². The molecule has 0 aliphatic carbocycles. The molecule has 4 rings (SSSR count).